The minimum atomic E-state index is -1.04. The Balaban J connectivity index is 1.27. The van der Waals surface area contributed by atoms with Gasteiger partial charge in [0.15, 0.2) is 0 Å². The molecule has 6 heterocycles. The minimum Gasteiger partial charge on any atom is -0.464 e. The van der Waals surface area contributed by atoms with E-state index in [0.717, 1.165) is 57.6 Å². The zero-order valence-electron chi connectivity index (χ0n) is 38.6. The highest BCUT2D eigenvalue weighted by molar-refractivity contribution is 7.10. The number of hydrogen-bond acceptors (Lipinski definition) is 11. The molecule has 0 radical (unpaired) electrons. The van der Waals surface area contributed by atoms with Crippen molar-refractivity contribution in [3.63, 3.8) is 0 Å². The van der Waals surface area contributed by atoms with Crippen molar-refractivity contribution in [3.8, 4) is 22.5 Å². The molecule has 5 atom stereocenters. The number of rotatable bonds is 10. The van der Waals surface area contributed by atoms with Crippen LogP contribution in [0.1, 0.15) is 83.2 Å². The van der Waals surface area contributed by atoms with E-state index in [2.05, 4.69) is 65.2 Å². The van der Waals surface area contributed by atoms with Crippen LogP contribution >= 0.6 is 11.3 Å². The molecule has 3 aliphatic heterocycles. The predicted molar refractivity (Wildman–Crippen MR) is 245 cm³/mol. The first kappa shape index (κ1) is 46.1. The van der Waals surface area contributed by atoms with Crippen LogP contribution < -0.4 is 10.7 Å². The Morgan fingerprint density at radius 3 is 2.59 bits per heavy atom. The molecule has 340 valence electrons. The van der Waals surface area contributed by atoms with Crippen molar-refractivity contribution in [2.24, 2.45) is 11.3 Å². The van der Waals surface area contributed by atoms with E-state index in [4.69, 9.17) is 19.4 Å². The number of aromatic nitrogens is 3. The number of carbonyl (C=O) groups excluding carboxylic acids is 4. The third-order valence-corrected chi connectivity index (χ3v) is 13.9. The van der Waals surface area contributed by atoms with Crippen LogP contribution in [0.15, 0.2) is 41.9 Å². The molecule has 4 amide bonds. The van der Waals surface area contributed by atoms with Gasteiger partial charge in [-0.2, -0.15) is 0 Å². The third kappa shape index (κ3) is 9.64. The highest BCUT2D eigenvalue weighted by atomic mass is 32.1. The van der Waals surface area contributed by atoms with E-state index >= 15 is 0 Å². The molecule has 16 heteroatoms. The van der Waals surface area contributed by atoms with Crippen LogP contribution in [-0.2, 0) is 43.2 Å². The first-order valence-electron chi connectivity index (χ1n) is 22.3. The van der Waals surface area contributed by atoms with Crippen molar-refractivity contribution in [3.05, 3.63) is 58.2 Å². The van der Waals surface area contributed by atoms with Gasteiger partial charge in [-0.15, -0.1) is 11.3 Å². The predicted octanol–water partition coefficient (Wildman–Crippen LogP) is 5.91. The molecular weight excluding hydrogens is 819 g/mol. The van der Waals surface area contributed by atoms with Gasteiger partial charge in [0.2, 0.25) is 5.91 Å². The largest absolute Gasteiger partial charge is 0.464 e. The van der Waals surface area contributed by atoms with E-state index in [1.54, 1.807) is 32.3 Å². The SMILES string of the molecule is CCn1c(-c2cccnc2[C@H](C)OC)c2c3cc(ccc31)-c1csc(n1)C[C@H](NC(=O)[C@H](C(C)C)N(C)C(=O)N(C)C[C@H]1CCN1C)C(=O)N1CCC[C@H](N1)C(=O)OCC(C)(C)C2. The van der Waals surface area contributed by atoms with Gasteiger partial charge >= 0.3 is 12.0 Å². The number of thiazole rings is 1. The van der Waals surface area contributed by atoms with Crippen LogP contribution in [0, 0.1) is 11.3 Å². The number of esters is 1. The summed E-state index contributed by atoms with van der Waals surface area (Å²) in [5.41, 5.74) is 9.40. The lowest BCUT2D eigenvalue weighted by Crippen LogP contribution is -2.62. The van der Waals surface area contributed by atoms with E-state index in [9.17, 15) is 19.2 Å². The average molecular weight is 884 g/mol. The van der Waals surface area contributed by atoms with Crippen molar-refractivity contribution in [2.75, 3.05) is 54.5 Å². The van der Waals surface area contributed by atoms with Crippen LogP contribution in [0.2, 0.25) is 0 Å². The van der Waals surface area contributed by atoms with Gasteiger partial charge in [-0.1, -0.05) is 33.8 Å². The number of nitrogens with one attached hydrogen (secondary N) is 2. The number of hydrazine groups is 1. The number of amides is 4. The van der Waals surface area contributed by atoms with E-state index in [1.807, 2.05) is 39.3 Å². The summed E-state index contributed by atoms with van der Waals surface area (Å²) >= 11 is 1.43. The first-order valence-corrected chi connectivity index (χ1v) is 23.2. The standard InChI is InChI=1S/C47H65N9O6S/c1-11-55-38-17-16-30-22-33(38)34(42(55)32-14-12-19-48-40(32)29(4)61-10)24-47(5,6)27-62-45(59)35-15-13-20-56(51-35)44(58)36(23-39-49-37(30)26-63-39)50-43(57)41(28(2)3)54(9)46(60)53(8)25-31-18-21-52(31)7/h12,14,16-17,19,22,26,28-29,31,35-36,41,51H,11,13,15,18,20-21,23-25,27H2,1-10H3,(H,50,57)/t29-,31+,35-,36-,41-/m0/s1. The Labute approximate surface area is 375 Å². The molecule has 3 aromatic heterocycles. The van der Waals surface area contributed by atoms with Gasteiger partial charge in [0, 0.05) is 92.3 Å². The number of ether oxygens (including phenoxy) is 2. The Bertz CT molecular complexity index is 2320. The number of aryl methyl sites for hydroxylation is 1. The number of hydrogen-bond donors (Lipinski definition) is 2. The number of cyclic esters (lactones) is 1. The van der Waals surface area contributed by atoms with Gasteiger partial charge < -0.3 is 34.1 Å². The quantitative estimate of drug-likeness (QED) is 0.184. The molecule has 4 aromatic rings. The number of likely N-dealkylation sites (tertiary alicyclic amines) is 1. The number of carbonyl (C=O) groups is 4. The molecule has 63 heavy (non-hydrogen) atoms. The van der Waals surface area contributed by atoms with Gasteiger partial charge in [0.1, 0.15) is 18.1 Å². The first-order chi connectivity index (χ1) is 30.0. The molecule has 2 saturated heterocycles. The summed E-state index contributed by atoms with van der Waals surface area (Å²) in [5, 5.41) is 8.21. The second-order valence-corrected chi connectivity index (χ2v) is 19.6. The maximum absolute atomic E-state index is 14.6. The molecule has 2 fully saturated rings. The number of benzene rings is 1. The molecule has 0 aliphatic carbocycles. The molecule has 0 spiro atoms. The third-order valence-electron chi connectivity index (χ3n) is 13.0. The molecule has 0 saturated carbocycles. The minimum absolute atomic E-state index is 0.110. The fourth-order valence-corrected chi connectivity index (χ4v) is 10.2. The summed E-state index contributed by atoms with van der Waals surface area (Å²) < 4.78 is 14.2. The topological polar surface area (TPSA) is 154 Å². The maximum Gasteiger partial charge on any atom is 0.324 e. The Morgan fingerprint density at radius 2 is 1.90 bits per heavy atom. The number of nitrogens with zero attached hydrogens (tertiary/aromatic N) is 7. The summed E-state index contributed by atoms with van der Waals surface area (Å²) in [4.78, 5) is 71.8. The van der Waals surface area contributed by atoms with Crippen molar-refractivity contribution < 1.29 is 28.7 Å². The lowest BCUT2D eigenvalue weighted by atomic mass is 9.84. The van der Waals surface area contributed by atoms with Crippen LogP contribution in [0.3, 0.4) is 0 Å². The smallest absolute Gasteiger partial charge is 0.324 e. The number of pyridine rings is 1. The highest BCUT2D eigenvalue weighted by Crippen LogP contribution is 2.42. The van der Waals surface area contributed by atoms with Gasteiger partial charge in [-0.3, -0.25) is 24.4 Å². The second kappa shape index (κ2) is 19.1. The second-order valence-electron chi connectivity index (χ2n) is 18.7. The van der Waals surface area contributed by atoms with Gasteiger partial charge in [0.05, 0.1) is 34.8 Å². The molecule has 3 aliphatic rings. The molecule has 1 aromatic carbocycles. The Kier molecular flexibility index (Phi) is 13.9. The molecule has 15 nitrogen and oxygen atoms in total. The Morgan fingerprint density at radius 1 is 1.13 bits per heavy atom. The van der Waals surface area contributed by atoms with E-state index in [-0.39, 0.29) is 37.1 Å². The van der Waals surface area contributed by atoms with Crippen molar-refractivity contribution in [2.45, 2.75) is 110 Å². The maximum atomic E-state index is 14.6. The van der Waals surface area contributed by atoms with Crippen molar-refractivity contribution >= 4 is 46.1 Å². The fraction of sp³-hybridized carbons (Fsp3) is 0.574. The van der Waals surface area contributed by atoms with Crippen LogP contribution in [0.5, 0.6) is 0 Å². The van der Waals surface area contributed by atoms with Crippen LogP contribution in [0.4, 0.5) is 4.79 Å². The van der Waals surface area contributed by atoms with E-state index in [0.29, 0.717) is 43.9 Å². The number of fused-ring (bicyclic) bond motifs is 6. The summed E-state index contributed by atoms with van der Waals surface area (Å²) in [5.74, 6) is -1.52. The summed E-state index contributed by atoms with van der Waals surface area (Å²) in [7, 11) is 7.14. The highest BCUT2D eigenvalue weighted by Gasteiger charge is 2.39. The number of likely N-dealkylation sites (N-methyl/N-ethyl adjacent to an activating group) is 3. The van der Waals surface area contributed by atoms with Gasteiger partial charge in [-0.25, -0.2) is 15.2 Å². The zero-order valence-corrected chi connectivity index (χ0v) is 39.4. The van der Waals surface area contributed by atoms with E-state index in [1.165, 1.54) is 21.2 Å². The normalized spacial score (nSPS) is 21.6. The average Bonchev–Trinajstić information content (AvgIpc) is 3.86. The zero-order chi connectivity index (χ0) is 45.3. The monoisotopic (exact) mass is 883 g/mol. The summed E-state index contributed by atoms with van der Waals surface area (Å²) in [6.07, 6.45) is 4.31. The molecule has 0 unspecified atom stereocenters. The number of methoxy groups -OCH3 is 1. The molecule has 7 rings (SSSR count). The van der Waals surface area contributed by atoms with Crippen LogP contribution in [-0.4, -0.2) is 137 Å². The lowest BCUT2D eigenvalue weighted by molar-refractivity contribution is -0.155. The molecule has 2 N–H and O–H groups in total. The van der Waals surface area contributed by atoms with Crippen molar-refractivity contribution in [1.82, 2.24) is 45.0 Å². The van der Waals surface area contributed by atoms with E-state index < -0.39 is 41.3 Å². The fourth-order valence-electron chi connectivity index (χ4n) is 9.33. The van der Waals surface area contributed by atoms with Gasteiger partial charge in [-0.05, 0) is 88.9 Å². The molecular formula is C47H65N9O6S. The molecule has 6 bridgehead atoms. The Hall–Kier alpha value is -4.90. The lowest BCUT2D eigenvalue weighted by Gasteiger charge is -2.41. The summed E-state index contributed by atoms with van der Waals surface area (Å²) in [6.45, 7) is 14.9. The van der Waals surface area contributed by atoms with Gasteiger partial charge in [0.25, 0.3) is 5.91 Å². The number of urea groups is 1. The summed E-state index contributed by atoms with van der Waals surface area (Å²) in [6, 6.07) is 7.82. The van der Waals surface area contributed by atoms with Crippen LogP contribution in [0.25, 0.3) is 33.4 Å². The van der Waals surface area contributed by atoms with Crippen molar-refractivity contribution in [1.29, 1.82) is 0 Å².